The van der Waals surface area contributed by atoms with E-state index >= 15 is 0 Å². The van der Waals surface area contributed by atoms with Gasteiger partial charge in [0.15, 0.2) is 0 Å². The molecule has 168 valence electrons. The Bertz CT molecular complexity index is 672. The number of benzene rings is 1. The molecule has 3 rings (SSSR count). The van der Waals surface area contributed by atoms with Gasteiger partial charge in [-0.15, -0.1) is 0 Å². The van der Waals surface area contributed by atoms with Crippen LogP contribution in [0.2, 0.25) is 10.0 Å². The van der Waals surface area contributed by atoms with E-state index in [1.165, 1.54) is 39.6 Å². The first-order valence-corrected chi connectivity index (χ1v) is 11.9. The second-order valence-electron chi connectivity index (χ2n) is 8.51. The van der Waals surface area contributed by atoms with Gasteiger partial charge in [-0.2, -0.15) is 0 Å². The highest BCUT2D eigenvalue weighted by molar-refractivity contribution is 6.42. The van der Waals surface area contributed by atoms with Gasteiger partial charge < -0.3 is 19.3 Å². The second kappa shape index (κ2) is 12.1. The van der Waals surface area contributed by atoms with Crippen molar-refractivity contribution in [3.63, 3.8) is 0 Å². The molecule has 5 nitrogen and oxygen atoms in total. The number of rotatable bonds is 9. The standard InChI is InChI=1S/C23H34Cl2N2O3/c1-29-23(28)4-2-3-11-26-12-7-18(8-13-26)17-27-14-9-19(10-15-27)30-20-5-6-21(24)22(25)16-20/h5-6,16,18-19H,2-4,7-15,17H2,1H3. The molecular weight excluding hydrogens is 423 g/mol. The number of carbonyl (C=O) groups excluding carboxylic acids is 1. The number of unbranched alkanes of at least 4 members (excludes halogenated alkanes) is 1. The van der Waals surface area contributed by atoms with Crippen LogP contribution in [0.4, 0.5) is 0 Å². The van der Waals surface area contributed by atoms with Crippen LogP contribution in [-0.4, -0.2) is 68.3 Å². The van der Waals surface area contributed by atoms with Crippen molar-refractivity contribution < 1.29 is 14.3 Å². The lowest BCUT2D eigenvalue weighted by molar-refractivity contribution is -0.140. The van der Waals surface area contributed by atoms with Crippen molar-refractivity contribution in [3.8, 4) is 5.75 Å². The minimum atomic E-state index is -0.0974. The number of nitrogens with zero attached hydrogens (tertiary/aromatic N) is 2. The zero-order valence-electron chi connectivity index (χ0n) is 18.0. The summed E-state index contributed by atoms with van der Waals surface area (Å²) < 4.78 is 10.8. The van der Waals surface area contributed by atoms with Crippen molar-refractivity contribution >= 4 is 29.2 Å². The number of piperidine rings is 2. The van der Waals surface area contributed by atoms with E-state index in [-0.39, 0.29) is 12.1 Å². The van der Waals surface area contributed by atoms with Crippen LogP contribution in [0.15, 0.2) is 18.2 Å². The van der Waals surface area contributed by atoms with Gasteiger partial charge in [0.1, 0.15) is 11.9 Å². The summed E-state index contributed by atoms with van der Waals surface area (Å²) in [4.78, 5) is 16.3. The van der Waals surface area contributed by atoms with Gasteiger partial charge in [0.2, 0.25) is 0 Å². The molecule has 0 aromatic heterocycles. The molecule has 0 aliphatic carbocycles. The summed E-state index contributed by atoms with van der Waals surface area (Å²) in [6.45, 7) is 6.86. The molecular formula is C23H34Cl2N2O3. The summed E-state index contributed by atoms with van der Waals surface area (Å²) in [5.74, 6) is 1.51. The highest BCUT2D eigenvalue weighted by Gasteiger charge is 2.25. The third kappa shape index (κ3) is 7.60. The average Bonchev–Trinajstić information content (AvgIpc) is 2.76. The van der Waals surface area contributed by atoms with Crippen LogP contribution in [0.5, 0.6) is 5.75 Å². The first kappa shape index (κ1) is 23.6. The van der Waals surface area contributed by atoms with Crippen LogP contribution < -0.4 is 4.74 Å². The Morgan fingerprint density at radius 2 is 1.70 bits per heavy atom. The molecule has 2 aliphatic heterocycles. The summed E-state index contributed by atoms with van der Waals surface area (Å²) in [5, 5.41) is 1.10. The predicted molar refractivity (Wildman–Crippen MR) is 122 cm³/mol. The van der Waals surface area contributed by atoms with Crippen LogP contribution >= 0.6 is 23.2 Å². The van der Waals surface area contributed by atoms with Crippen LogP contribution in [0, 0.1) is 5.92 Å². The molecule has 2 saturated heterocycles. The fourth-order valence-electron chi connectivity index (χ4n) is 4.42. The van der Waals surface area contributed by atoms with E-state index in [1.54, 1.807) is 12.1 Å². The van der Waals surface area contributed by atoms with E-state index in [0.29, 0.717) is 16.5 Å². The van der Waals surface area contributed by atoms with Gasteiger partial charge in [0.25, 0.3) is 0 Å². The molecule has 2 aliphatic rings. The minimum Gasteiger partial charge on any atom is -0.490 e. The molecule has 0 unspecified atom stereocenters. The Morgan fingerprint density at radius 3 is 2.37 bits per heavy atom. The molecule has 1 aromatic carbocycles. The van der Waals surface area contributed by atoms with Crippen LogP contribution in [0.1, 0.15) is 44.9 Å². The number of esters is 1. The average molecular weight is 457 g/mol. The highest BCUT2D eigenvalue weighted by Crippen LogP contribution is 2.28. The Morgan fingerprint density at radius 1 is 1.00 bits per heavy atom. The van der Waals surface area contributed by atoms with Gasteiger partial charge in [-0.25, -0.2) is 0 Å². The van der Waals surface area contributed by atoms with E-state index in [4.69, 9.17) is 32.7 Å². The summed E-state index contributed by atoms with van der Waals surface area (Å²) in [5.41, 5.74) is 0. The zero-order chi connectivity index (χ0) is 21.3. The minimum absolute atomic E-state index is 0.0974. The van der Waals surface area contributed by atoms with Gasteiger partial charge in [-0.05, 0) is 76.2 Å². The molecule has 0 spiro atoms. The Labute approximate surface area is 190 Å². The predicted octanol–water partition coefficient (Wildman–Crippen LogP) is 4.89. The van der Waals surface area contributed by atoms with Crippen LogP contribution in [-0.2, 0) is 9.53 Å². The van der Waals surface area contributed by atoms with Gasteiger partial charge >= 0.3 is 5.97 Å². The maximum Gasteiger partial charge on any atom is 0.305 e. The van der Waals surface area contributed by atoms with Crippen molar-refractivity contribution in [2.24, 2.45) is 5.92 Å². The second-order valence-corrected chi connectivity index (χ2v) is 9.33. The molecule has 1 aromatic rings. The van der Waals surface area contributed by atoms with E-state index in [1.807, 2.05) is 6.07 Å². The Balaban J connectivity index is 1.28. The Hall–Kier alpha value is -1.01. The van der Waals surface area contributed by atoms with Crippen molar-refractivity contribution in [1.82, 2.24) is 9.80 Å². The number of likely N-dealkylation sites (tertiary alicyclic amines) is 2. The Kier molecular flexibility index (Phi) is 9.57. The largest absolute Gasteiger partial charge is 0.490 e. The molecule has 2 heterocycles. The fraction of sp³-hybridized carbons (Fsp3) is 0.696. The first-order valence-electron chi connectivity index (χ1n) is 11.2. The topological polar surface area (TPSA) is 42.0 Å². The molecule has 0 N–H and O–H groups in total. The van der Waals surface area contributed by atoms with Crippen molar-refractivity contribution in [3.05, 3.63) is 28.2 Å². The molecule has 0 atom stereocenters. The number of hydrogen-bond donors (Lipinski definition) is 0. The number of carbonyl (C=O) groups is 1. The monoisotopic (exact) mass is 456 g/mol. The summed E-state index contributed by atoms with van der Waals surface area (Å²) in [6, 6.07) is 5.49. The van der Waals surface area contributed by atoms with Gasteiger partial charge in [0, 0.05) is 32.1 Å². The fourth-order valence-corrected chi connectivity index (χ4v) is 4.70. The number of hydrogen-bond acceptors (Lipinski definition) is 5. The quantitative estimate of drug-likeness (QED) is 0.390. The van der Waals surface area contributed by atoms with E-state index in [9.17, 15) is 4.79 Å². The molecule has 0 amide bonds. The van der Waals surface area contributed by atoms with Gasteiger partial charge in [-0.1, -0.05) is 23.2 Å². The molecule has 0 saturated carbocycles. The lowest BCUT2D eigenvalue weighted by Gasteiger charge is -2.37. The smallest absolute Gasteiger partial charge is 0.305 e. The van der Waals surface area contributed by atoms with Crippen molar-refractivity contribution in [1.29, 1.82) is 0 Å². The van der Waals surface area contributed by atoms with Gasteiger partial charge in [-0.3, -0.25) is 4.79 Å². The summed E-state index contributed by atoms with van der Waals surface area (Å²) in [7, 11) is 1.46. The third-order valence-electron chi connectivity index (χ3n) is 6.28. The van der Waals surface area contributed by atoms with Crippen LogP contribution in [0.3, 0.4) is 0 Å². The number of ether oxygens (including phenoxy) is 2. The maximum atomic E-state index is 11.2. The first-order chi connectivity index (χ1) is 14.5. The lowest BCUT2D eigenvalue weighted by Crippen LogP contribution is -2.43. The van der Waals surface area contributed by atoms with E-state index in [2.05, 4.69) is 9.80 Å². The molecule has 0 bridgehead atoms. The van der Waals surface area contributed by atoms with Crippen LogP contribution in [0.25, 0.3) is 0 Å². The van der Waals surface area contributed by atoms with Crippen molar-refractivity contribution in [2.75, 3.05) is 46.4 Å². The van der Waals surface area contributed by atoms with Gasteiger partial charge in [0.05, 0.1) is 17.2 Å². The summed E-state index contributed by atoms with van der Waals surface area (Å²) in [6.07, 6.45) is 7.45. The third-order valence-corrected chi connectivity index (χ3v) is 7.02. The lowest BCUT2D eigenvalue weighted by atomic mass is 9.95. The highest BCUT2D eigenvalue weighted by atomic mass is 35.5. The number of halogens is 2. The molecule has 30 heavy (non-hydrogen) atoms. The molecule has 7 heteroatoms. The molecule has 2 fully saturated rings. The van der Waals surface area contributed by atoms with E-state index in [0.717, 1.165) is 57.0 Å². The van der Waals surface area contributed by atoms with E-state index < -0.39 is 0 Å². The van der Waals surface area contributed by atoms with Crippen molar-refractivity contribution in [2.45, 2.75) is 51.0 Å². The maximum absolute atomic E-state index is 11.2. The summed E-state index contributed by atoms with van der Waals surface area (Å²) >= 11 is 12.1. The zero-order valence-corrected chi connectivity index (χ0v) is 19.5. The SMILES string of the molecule is COC(=O)CCCCN1CCC(CN2CCC(Oc3ccc(Cl)c(Cl)c3)CC2)CC1. The molecule has 0 radical (unpaired) electrons. The normalized spacial score (nSPS) is 19.7. The number of methoxy groups -OCH3 is 1.